The van der Waals surface area contributed by atoms with Gasteiger partial charge in [-0.3, -0.25) is 4.79 Å². The van der Waals surface area contributed by atoms with Crippen LogP contribution < -0.4 is 5.32 Å². The molecule has 1 aromatic carbocycles. The van der Waals surface area contributed by atoms with Gasteiger partial charge < -0.3 is 10.2 Å². The summed E-state index contributed by atoms with van der Waals surface area (Å²) in [6, 6.07) is 12.0. The van der Waals surface area contributed by atoms with Crippen molar-refractivity contribution in [3.05, 3.63) is 46.3 Å². The van der Waals surface area contributed by atoms with Crippen LogP contribution in [0.2, 0.25) is 5.02 Å². The minimum atomic E-state index is 0.133. The molecule has 1 aliphatic rings. The van der Waals surface area contributed by atoms with E-state index in [1.165, 1.54) is 0 Å². The van der Waals surface area contributed by atoms with E-state index in [1.807, 2.05) is 41.3 Å². The number of thiophene rings is 1. The molecule has 1 atom stereocenters. The lowest BCUT2D eigenvalue weighted by atomic mass is 10.2. The minimum absolute atomic E-state index is 0.133. The highest BCUT2D eigenvalue weighted by Gasteiger charge is 2.22. The van der Waals surface area contributed by atoms with Crippen molar-refractivity contribution in [1.82, 2.24) is 10.2 Å². The first-order chi connectivity index (χ1) is 10.1. The van der Waals surface area contributed by atoms with E-state index in [1.54, 1.807) is 11.3 Å². The number of nitrogens with zero attached hydrogens (tertiary/aromatic N) is 1. The third-order valence-electron chi connectivity index (χ3n) is 3.60. The third-order valence-corrected chi connectivity index (χ3v) is 4.98. The zero-order valence-electron chi connectivity index (χ0n) is 11.8. The van der Waals surface area contributed by atoms with Crippen LogP contribution in [-0.2, 0) is 0 Å². The minimum Gasteiger partial charge on any atom is -0.335 e. The van der Waals surface area contributed by atoms with Crippen molar-refractivity contribution in [2.45, 2.75) is 13.0 Å². The average Bonchev–Trinajstić information content (AvgIpc) is 2.97. The van der Waals surface area contributed by atoms with Crippen molar-refractivity contribution in [3.8, 4) is 10.4 Å². The largest absolute Gasteiger partial charge is 0.335 e. The molecule has 21 heavy (non-hydrogen) atoms. The number of carbonyl (C=O) groups excluding carboxylic acids is 1. The highest BCUT2D eigenvalue weighted by molar-refractivity contribution is 7.17. The number of hydrogen-bond donors (Lipinski definition) is 1. The summed E-state index contributed by atoms with van der Waals surface area (Å²) < 4.78 is 0. The second-order valence-electron chi connectivity index (χ2n) is 5.28. The summed E-state index contributed by atoms with van der Waals surface area (Å²) in [7, 11) is 0. The highest BCUT2D eigenvalue weighted by atomic mass is 35.5. The van der Waals surface area contributed by atoms with Crippen LogP contribution >= 0.6 is 22.9 Å². The van der Waals surface area contributed by atoms with E-state index in [9.17, 15) is 4.79 Å². The Morgan fingerprint density at radius 3 is 2.76 bits per heavy atom. The van der Waals surface area contributed by atoms with Gasteiger partial charge in [0.2, 0.25) is 0 Å². The molecule has 3 nitrogen and oxygen atoms in total. The van der Waals surface area contributed by atoms with Gasteiger partial charge in [0.25, 0.3) is 5.91 Å². The summed E-state index contributed by atoms with van der Waals surface area (Å²) >= 11 is 7.45. The standard InChI is InChI=1S/C16H17ClN2OS/c1-11-10-19(9-8-18-11)16(20)15-7-6-14(21-15)12-2-4-13(17)5-3-12/h2-7,11,18H,8-10H2,1H3. The fourth-order valence-corrected chi connectivity index (χ4v) is 3.60. The van der Waals surface area contributed by atoms with Gasteiger partial charge in [-0.05, 0) is 36.8 Å². The number of amides is 1. The van der Waals surface area contributed by atoms with Gasteiger partial charge in [0.05, 0.1) is 4.88 Å². The normalized spacial score (nSPS) is 18.8. The molecule has 0 aliphatic carbocycles. The van der Waals surface area contributed by atoms with Gasteiger partial charge in [0, 0.05) is 35.6 Å². The molecular formula is C16H17ClN2OS. The average molecular weight is 321 g/mol. The number of benzene rings is 1. The van der Waals surface area contributed by atoms with Crippen LogP contribution in [0.4, 0.5) is 0 Å². The predicted octanol–water partition coefficient (Wildman–Crippen LogP) is 3.50. The van der Waals surface area contributed by atoms with E-state index in [2.05, 4.69) is 12.2 Å². The SMILES string of the molecule is CC1CN(C(=O)c2ccc(-c3ccc(Cl)cc3)s2)CCN1. The summed E-state index contributed by atoms with van der Waals surface area (Å²) in [5.41, 5.74) is 1.09. The maximum Gasteiger partial charge on any atom is 0.264 e. The van der Waals surface area contributed by atoms with E-state index >= 15 is 0 Å². The molecule has 110 valence electrons. The lowest BCUT2D eigenvalue weighted by Crippen LogP contribution is -2.51. The summed E-state index contributed by atoms with van der Waals surface area (Å²) in [4.78, 5) is 16.4. The molecule has 1 aromatic heterocycles. The zero-order chi connectivity index (χ0) is 14.8. The maximum absolute atomic E-state index is 12.5. The molecule has 1 fully saturated rings. The van der Waals surface area contributed by atoms with Crippen molar-refractivity contribution in [2.24, 2.45) is 0 Å². The van der Waals surface area contributed by atoms with Crippen LogP contribution in [-0.4, -0.2) is 36.5 Å². The number of hydrogen-bond acceptors (Lipinski definition) is 3. The Kier molecular flexibility index (Phi) is 4.29. The molecule has 0 bridgehead atoms. The first-order valence-corrected chi connectivity index (χ1v) is 8.21. The first-order valence-electron chi connectivity index (χ1n) is 7.02. The molecule has 2 aromatic rings. The fraction of sp³-hybridized carbons (Fsp3) is 0.312. The van der Waals surface area contributed by atoms with Crippen LogP contribution in [0.5, 0.6) is 0 Å². The van der Waals surface area contributed by atoms with Crippen molar-refractivity contribution < 1.29 is 4.79 Å². The van der Waals surface area contributed by atoms with E-state index < -0.39 is 0 Å². The van der Waals surface area contributed by atoms with Gasteiger partial charge >= 0.3 is 0 Å². The number of rotatable bonds is 2. The Bertz CT molecular complexity index is 638. The Hall–Kier alpha value is -1.36. The Morgan fingerprint density at radius 2 is 2.05 bits per heavy atom. The van der Waals surface area contributed by atoms with Crippen LogP contribution in [0.25, 0.3) is 10.4 Å². The summed E-state index contributed by atoms with van der Waals surface area (Å²) in [5.74, 6) is 0.133. The second kappa shape index (κ2) is 6.18. The molecule has 5 heteroatoms. The number of halogens is 1. The molecule has 2 heterocycles. The topological polar surface area (TPSA) is 32.3 Å². The van der Waals surface area contributed by atoms with E-state index in [0.717, 1.165) is 40.0 Å². The lowest BCUT2D eigenvalue weighted by molar-refractivity contribution is 0.0714. The van der Waals surface area contributed by atoms with Crippen molar-refractivity contribution in [3.63, 3.8) is 0 Å². The lowest BCUT2D eigenvalue weighted by Gasteiger charge is -2.31. The Labute approximate surface area is 133 Å². The third kappa shape index (κ3) is 3.28. The van der Waals surface area contributed by atoms with Gasteiger partial charge in [-0.2, -0.15) is 0 Å². The first kappa shape index (κ1) is 14.6. The van der Waals surface area contributed by atoms with Gasteiger partial charge in [0.1, 0.15) is 0 Å². The number of nitrogens with one attached hydrogen (secondary N) is 1. The van der Waals surface area contributed by atoms with Crippen LogP contribution in [0.1, 0.15) is 16.6 Å². The number of carbonyl (C=O) groups is 1. The Balaban J connectivity index is 1.78. The summed E-state index contributed by atoms with van der Waals surface area (Å²) in [6.45, 7) is 4.51. The van der Waals surface area contributed by atoms with E-state index in [-0.39, 0.29) is 5.91 Å². The maximum atomic E-state index is 12.5. The quantitative estimate of drug-likeness (QED) is 0.918. The van der Waals surface area contributed by atoms with Crippen molar-refractivity contribution in [1.29, 1.82) is 0 Å². The van der Waals surface area contributed by atoms with Gasteiger partial charge in [-0.25, -0.2) is 0 Å². The second-order valence-corrected chi connectivity index (χ2v) is 6.80. The molecule has 1 N–H and O–H groups in total. The fourth-order valence-electron chi connectivity index (χ4n) is 2.49. The molecule has 1 aliphatic heterocycles. The Morgan fingerprint density at radius 1 is 1.29 bits per heavy atom. The van der Waals surface area contributed by atoms with Crippen molar-refractivity contribution in [2.75, 3.05) is 19.6 Å². The molecule has 0 spiro atoms. The number of piperazine rings is 1. The molecule has 0 saturated carbocycles. The smallest absolute Gasteiger partial charge is 0.264 e. The van der Waals surface area contributed by atoms with Gasteiger partial charge in [0.15, 0.2) is 0 Å². The molecule has 0 radical (unpaired) electrons. The van der Waals surface area contributed by atoms with Gasteiger partial charge in [-0.15, -0.1) is 11.3 Å². The highest BCUT2D eigenvalue weighted by Crippen LogP contribution is 2.29. The summed E-state index contributed by atoms with van der Waals surface area (Å²) in [6.07, 6.45) is 0. The molecule has 1 saturated heterocycles. The molecular weight excluding hydrogens is 304 g/mol. The van der Waals surface area contributed by atoms with E-state index in [4.69, 9.17) is 11.6 Å². The molecule has 1 amide bonds. The van der Waals surface area contributed by atoms with Crippen LogP contribution in [0.3, 0.4) is 0 Å². The van der Waals surface area contributed by atoms with Crippen LogP contribution in [0, 0.1) is 0 Å². The molecule has 3 rings (SSSR count). The molecule has 1 unspecified atom stereocenters. The zero-order valence-corrected chi connectivity index (χ0v) is 13.4. The van der Waals surface area contributed by atoms with E-state index in [0.29, 0.717) is 6.04 Å². The predicted molar refractivity (Wildman–Crippen MR) is 88.1 cm³/mol. The van der Waals surface area contributed by atoms with Gasteiger partial charge in [-0.1, -0.05) is 23.7 Å². The van der Waals surface area contributed by atoms with Crippen LogP contribution in [0.15, 0.2) is 36.4 Å². The monoisotopic (exact) mass is 320 g/mol. The summed E-state index contributed by atoms with van der Waals surface area (Å²) in [5, 5.41) is 4.08. The van der Waals surface area contributed by atoms with Crippen molar-refractivity contribution >= 4 is 28.8 Å².